The van der Waals surface area contributed by atoms with E-state index in [9.17, 15) is 0 Å². The molecule has 1 fully saturated rings. The monoisotopic (exact) mass is 243 g/mol. The number of nitrogens with one attached hydrogen (secondary N) is 1. The Kier molecular flexibility index (Phi) is 4.96. The number of nitrogens with two attached hydrogens (primary N) is 1. The molecule has 0 radical (unpaired) electrons. The van der Waals surface area contributed by atoms with E-state index < -0.39 is 0 Å². The van der Waals surface area contributed by atoms with Crippen LogP contribution in [0.4, 0.5) is 0 Å². The normalized spacial score (nSPS) is 27.9. The van der Waals surface area contributed by atoms with E-state index in [0.29, 0.717) is 17.3 Å². The van der Waals surface area contributed by atoms with Gasteiger partial charge in [-0.2, -0.15) is 11.8 Å². The highest BCUT2D eigenvalue weighted by Crippen LogP contribution is 2.29. The third-order valence-electron chi connectivity index (χ3n) is 2.78. The Labute approximate surface area is 104 Å². The molecule has 4 heteroatoms. The molecule has 0 bridgehead atoms. The summed E-state index contributed by atoms with van der Waals surface area (Å²) in [5, 5.41) is 3.88. The Morgan fingerprint density at radius 3 is 2.50 bits per heavy atom. The fourth-order valence-corrected chi connectivity index (χ4v) is 3.01. The molecule has 0 amide bonds. The highest BCUT2D eigenvalue weighted by Gasteiger charge is 2.24. The Bertz CT molecular complexity index is 245. The maximum atomic E-state index is 5.94. The van der Waals surface area contributed by atoms with Gasteiger partial charge in [-0.3, -0.25) is 0 Å². The van der Waals surface area contributed by atoms with E-state index in [2.05, 4.69) is 37.3 Å². The molecule has 0 aromatic rings. The highest BCUT2D eigenvalue weighted by atomic mass is 32.2. The van der Waals surface area contributed by atoms with Crippen molar-refractivity contribution in [3.8, 4) is 0 Å². The summed E-state index contributed by atoms with van der Waals surface area (Å²) in [5.74, 6) is 0.596. The van der Waals surface area contributed by atoms with Gasteiger partial charge in [0.05, 0.1) is 6.04 Å². The van der Waals surface area contributed by atoms with Crippen molar-refractivity contribution in [1.29, 1.82) is 0 Å². The molecule has 3 N–H and O–H groups in total. The molecule has 1 aliphatic carbocycles. The number of thioether (sulfide) groups is 1. The van der Waals surface area contributed by atoms with Crippen LogP contribution in [0.1, 0.15) is 46.5 Å². The molecule has 94 valence electrons. The minimum atomic E-state index is -0.00287. The van der Waals surface area contributed by atoms with Gasteiger partial charge in [-0.25, -0.2) is 4.99 Å². The first-order valence-corrected chi connectivity index (χ1v) is 7.35. The number of nitrogens with zero attached hydrogens (tertiary/aromatic N) is 1. The number of rotatable bonds is 2. The molecular weight excluding hydrogens is 218 g/mol. The van der Waals surface area contributed by atoms with Crippen molar-refractivity contribution in [1.82, 2.24) is 5.32 Å². The lowest BCUT2D eigenvalue weighted by atomic mass is 9.95. The van der Waals surface area contributed by atoms with Crippen molar-refractivity contribution in [3.05, 3.63) is 0 Å². The van der Waals surface area contributed by atoms with Crippen molar-refractivity contribution in [2.24, 2.45) is 10.7 Å². The van der Waals surface area contributed by atoms with Crippen LogP contribution >= 0.6 is 11.8 Å². The first kappa shape index (κ1) is 13.7. The third-order valence-corrected chi connectivity index (χ3v) is 3.93. The third kappa shape index (κ3) is 4.64. The minimum Gasteiger partial charge on any atom is -0.370 e. The second-order valence-corrected chi connectivity index (χ2v) is 6.59. The van der Waals surface area contributed by atoms with E-state index in [1.54, 1.807) is 0 Å². The van der Waals surface area contributed by atoms with Crippen LogP contribution in [-0.4, -0.2) is 29.0 Å². The van der Waals surface area contributed by atoms with Gasteiger partial charge in [-0.15, -0.1) is 0 Å². The average molecular weight is 243 g/mol. The van der Waals surface area contributed by atoms with Crippen LogP contribution in [0.25, 0.3) is 0 Å². The molecule has 16 heavy (non-hydrogen) atoms. The second kappa shape index (κ2) is 5.80. The van der Waals surface area contributed by atoms with E-state index >= 15 is 0 Å². The summed E-state index contributed by atoms with van der Waals surface area (Å²) >= 11 is 1.92. The van der Waals surface area contributed by atoms with E-state index in [-0.39, 0.29) is 5.54 Å². The maximum Gasteiger partial charge on any atom is 0.189 e. The zero-order valence-electron chi connectivity index (χ0n) is 10.9. The lowest BCUT2D eigenvalue weighted by Crippen LogP contribution is -2.46. The maximum absolute atomic E-state index is 5.94. The predicted octanol–water partition coefficient (Wildman–Crippen LogP) is 2.36. The molecule has 0 aromatic carbocycles. The summed E-state index contributed by atoms with van der Waals surface area (Å²) in [7, 11) is 0. The summed E-state index contributed by atoms with van der Waals surface area (Å²) in [6.45, 7) is 6.30. The zero-order valence-corrected chi connectivity index (χ0v) is 11.7. The molecule has 3 nitrogen and oxygen atoms in total. The summed E-state index contributed by atoms with van der Waals surface area (Å²) in [5.41, 5.74) is 5.93. The van der Waals surface area contributed by atoms with Crippen LogP contribution in [0.3, 0.4) is 0 Å². The van der Waals surface area contributed by atoms with Gasteiger partial charge in [0.1, 0.15) is 0 Å². The Morgan fingerprint density at radius 1 is 1.31 bits per heavy atom. The van der Waals surface area contributed by atoms with Crippen LogP contribution in [0.5, 0.6) is 0 Å². The van der Waals surface area contributed by atoms with Crippen LogP contribution in [0.15, 0.2) is 4.99 Å². The van der Waals surface area contributed by atoms with Gasteiger partial charge in [0.15, 0.2) is 5.96 Å². The molecule has 0 aliphatic heterocycles. The van der Waals surface area contributed by atoms with Crippen LogP contribution < -0.4 is 11.1 Å². The molecule has 0 heterocycles. The van der Waals surface area contributed by atoms with Crippen molar-refractivity contribution >= 4 is 17.7 Å². The lowest BCUT2D eigenvalue weighted by molar-refractivity contribution is 0.449. The van der Waals surface area contributed by atoms with Gasteiger partial charge in [0, 0.05) is 10.8 Å². The van der Waals surface area contributed by atoms with Gasteiger partial charge in [0.2, 0.25) is 0 Å². The quantitative estimate of drug-likeness (QED) is 0.578. The molecule has 0 saturated heterocycles. The minimum absolute atomic E-state index is 0.00287. The fourth-order valence-electron chi connectivity index (χ4n) is 2.10. The lowest BCUT2D eigenvalue weighted by Gasteiger charge is -2.29. The van der Waals surface area contributed by atoms with E-state index in [0.717, 1.165) is 0 Å². The van der Waals surface area contributed by atoms with Crippen molar-refractivity contribution in [2.75, 3.05) is 6.26 Å². The molecule has 2 atom stereocenters. The highest BCUT2D eigenvalue weighted by molar-refractivity contribution is 7.99. The van der Waals surface area contributed by atoms with Crippen molar-refractivity contribution in [3.63, 3.8) is 0 Å². The Morgan fingerprint density at radius 2 is 1.94 bits per heavy atom. The molecule has 1 aliphatic rings. The Balaban J connectivity index is 2.58. The standard InChI is InChI=1S/C12H25N3S/c1-12(2,3)15-11(13)14-9-7-5-6-8-10(9)16-4/h9-10H,5-8H2,1-4H3,(H3,13,14,15). The fraction of sp³-hybridized carbons (Fsp3) is 0.917. The van der Waals surface area contributed by atoms with Gasteiger partial charge in [-0.1, -0.05) is 12.8 Å². The molecule has 0 spiro atoms. The number of guanidine groups is 1. The van der Waals surface area contributed by atoms with Crippen LogP contribution in [0.2, 0.25) is 0 Å². The first-order chi connectivity index (χ1) is 7.42. The number of hydrogen-bond acceptors (Lipinski definition) is 2. The van der Waals surface area contributed by atoms with Gasteiger partial charge in [0.25, 0.3) is 0 Å². The zero-order chi connectivity index (χ0) is 12.2. The summed E-state index contributed by atoms with van der Waals surface area (Å²) in [6, 6.07) is 0.401. The van der Waals surface area contributed by atoms with E-state index in [4.69, 9.17) is 5.73 Å². The van der Waals surface area contributed by atoms with Crippen LogP contribution in [0, 0.1) is 0 Å². The molecule has 1 rings (SSSR count). The summed E-state index contributed by atoms with van der Waals surface area (Å²) in [4.78, 5) is 4.64. The SMILES string of the molecule is CSC1CCCCC1N=C(N)NC(C)(C)C. The molecular formula is C12H25N3S. The first-order valence-electron chi connectivity index (χ1n) is 6.06. The van der Waals surface area contributed by atoms with Gasteiger partial charge < -0.3 is 11.1 Å². The number of aliphatic imine (C=N–C) groups is 1. The van der Waals surface area contributed by atoms with Crippen molar-refractivity contribution in [2.45, 2.75) is 63.3 Å². The van der Waals surface area contributed by atoms with E-state index in [1.165, 1.54) is 25.7 Å². The number of hydrogen-bond donors (Lipinski definition) is 2. The Hall–Kier alpha value is -0.380. The molecule has 0 aromatic heterocycles. The summed E-state index contributed by atoms with van der Waals surface area (Å²) in [6.07, 6.45) is 7.25. The molecule has 2 unspecified atom stereocenters. The van der Waals surface area contributed by atoms with Crippen LogP contribution in [-0.2, 0) is 0 Å². The topological polar surface area (TPSA) is 50.4 Å². The van der Waals surface area contributed by atoms with Gasteiger partial charge in [-0.05, 0) is 39.9 Å². The summed E-state index contributed by atoms with van der Waals surface area (Å²) < 4.78 is 0. The predicted molar refractivity (Wildman–Crippen MR) is 74.1 cm³/mol. The van der Waals surface area contributed by atoms with Crippen molar-refractivity contribution < 1.29 is 0 Å². The van der Waals surface area contributed by atoms with Gasteiger partial charge >= 0.3 is 0 Å². The van der Waals surface area contributed by atoms with E-state index in [1.807, 2.05) is 11.8 Å². The molecule has 1 saturated carbocycles. The largest absolute Gasteiger partial charge is 0.370 e. The second-order valence-electron chi connectivity index (χ2n) is 5.52. The average Bonchev–Trinajstić information content (AvgIpc) is 2.15. The smallest absolute Gasteiger partial charge is 0.189 e.